The molecule has 0 fully saturated rings. The van der Waals surface area contributed by atoms with Gasteiger partial charge in [0.25, 0.3) is 0 Å². The van der Waals surface area contributed by atoms with E-state index in [0.717, 1.165) is 22.2 Å². The van der Waals surface area contributed by atoms with Crippen LogP contribution in [0.15, 0.2) is 42.6 Å². The lowest BCUT2D eigenvalue weighted by Gasteiger charge is -2.07. The quantitative estimate of drug-likeness (QED) is 0.542. The third kappa shape index (κ3) is 2.30. The Hall–Kier alpha value is -2.69. The molecule has 3 rings (SSSR count). The zero-order chi connectivity index (χ0) is 13.2. The molecule has 0 aliphatic heterocycles. The molecule has 0 aliphatic carbocycles. The number of rotatable bonds is 3. The van der Waals surface area contributed by atoms with Gasteiger partial charge in [0.05, 0.1) is 11.7 Å². The number of anilines is 1. The smallest absolute Gasteiger partial charge is 0.157 e. The summed E-state index contributed by atoms with van der Waals surface area (Å²) in [4.78, 5) is 0. The molecule has 0 unspecified atom stereocenters. The summed E-state index contributed by atoms with van der Waals surface area (Å²) in [5.74, 6) is -0.215. The summed E-state index contributed by atoms with van der Waals surface area (Å²) in [6.07, 6.45) is 1.77. The number of phenols is 2. The Balaban J connectivity index is 1.75. The SMILES string of the molecule is Oc1ccc(CNc2ccc3[nH]ncc3c2)cc1O. The van der Waals surface area contributed by atoms with Crippen molar-refractivity contribution in [1.29, 1.82) is 0 Å². The van der Waals surface area contributed by atoms with E-state index in [1.54, 1.807) is 18.3 Å². The number of fused-ring (bicyclic) bond motifs is 1. The monoisotopic (exact) mass is 255 g/mol. The number of benzene rings is 2. The number of aromatic hydroxyl groups is 2. The maximum atomic E-state index is 9.42. The molecule has 1 heterocycles. The summed E-state index contributed by atoms with van der Waals surface area (Å²) in [5.41, 5.74) is 2.86. The molecule has 0 aliphatic rings. The van der Waals surface area contributed by atoms with Crippen LogP contribution in [0.4, 0.5) is 5.69 Å². The molecule has 0 saturated carbocycles. The Morgan fingerprint density at radius 2 is 1.95 bits per heavy atom. The number of hydrogen-bond donors (Lipinski definition) is 4. The molecule has 0 bridgehead atoms. The number of aromatic amines is 1. The van der Waals surface area contributed by atoms with Crippen LogP contribution in [0.1, 0.15) is 5.56 Å². The van der Waals surface area contributed by atoms with Crippen molar-refractivity contribution in [3.63, 3.8) is 0 Å². The molecular weight excluding hydrogens is 242 g/mol. The average molecular weight is 255 g/mol. The Morgan fingerprint density at radius 1 is 1.05 bits per heavy atom. The van der Waals surface area contributed by atoms with Crippen LogP contribution in [0.3, 0.4) is 0 Å². The molecule has 5 nitrogen and oxygen atoms in total. The second-order valence-electron chi connectivity index (χ2n) is 4.35. The molecule has 2 aromatic carbocycles. The lowest BCUT2D eigenvalue weighted by molar-refractivity contribution is 0.403. The molecule has 96 valence electrons. The van der Waals surface area contributed by atoms with Crippen molar-refractivity contribution in [2.75, 3.05) is 5.32 Å². The highest BCUT2D eigenvalue weighted by atomic mass is 16.3. The first-order valence-electron chi connectivity index (χ1n) is 5.90. The van der Waals surface area contributed by atoms with Gasteiger partial charge < -0.3 is 15.5 Å². The van der Waals surface area contributed by atoms with Crippen molar-refractivity contribution in [2.45, 2.75) is 6.54 Å². The lowest BCUT2D eigenvalue weighted by Crippen LogP contribution is -1.98. The minimum absolute atomic E-state index is 0.107. The van der Waals surface area contributed by atoms with E-state index in [-0.39, 0.29) is 11.5 Å². The van der Waals surface area contributed by atoms with Crippen LogP contribution >= 0.6 is 0 Å². The second-order valence-corrected chi connectivity index (χ2v) is 4.35. The predicted octanol–water partition coefficient (Wildman–Crippen LogP) is 2.59. The minimum Gasteiger partial charge on any atom is -0.504 e. The molecule has 19 heavy (non-hydrogen) atoms. The van der Waals surface area contributed by atoms with E-state index in [1.807, 2.05) is 18.2 Å². The van der Waals surface area contributed by atoms with Crippen LogP contribution in [0.5, 0.6) is 11.5 Å². The second kappa shape index (κ2) is 4.53. The Kier molecular flexibility index (Phi) is 2.72. The third-order valence-electron chi connectivity index (χ3n) is 2.98. The van der Waals surface area contributed by atoms with Gasteiger partial charge in [-0.25, -0.2) is 0 Å². The summed E-state index contributed by atoms with van der Waals surface area (Å²) < 4.78 is 0. The lowest BCUT2D eigenvalue weighted by atomic mass is 10.2. The molecule has 4 N–H and O–H groups in total. The van der Waals surface area contributed by atoms with Crippen LogP contribution in [-0.4, -0.2) is 20.4 Å². The van der Waals surface area contributed by atoms with Crippen LogP contribution in [0, 0.1) is 0 Å². The molecule has 1 aromatic heterocycles. The van der Waals surface area contributed by atoms with E-state index in [1.165, 1.54) is 6.07 Å². The Morgan fingerprint density at radius 3 is 2.79 bits per heavy atom. The van der Waals surface area contributed by atoms with Gasteiger partial charge >= 0.3 is 0 Å². The van der Waals surface area contributed by atoms with Crippen molar-refractivity contribution in [3.8, 4) is 11.5 Å². The van der Waals surface area contributed by atoms with Gasteiger partial charge in [0, 0.05) is 17.6 Å². The molecule has 0 amide bonds. The van der Waals surface area contributed by atoms with Gasteiger partial charge in [0.15, 0.2) is 11.5 Å². The molecule has 0 radical (unpaired) electrons. The van der Waals surface area contributed by atoms with Gasteiger partial charge in [0.1, 0.15) is 0 Å². The first kappa shape index (κ1) is 11.4. The predicted molar refractivity (Wildman–Crippen MR) is 73.2 cm³/mol. The van der Waals surface area contributed by atoms with Crippen LogP contribution in [0.25, 0.3) is 10.9 Å². The summed E-state index contributed by atoms with van der Waals surface area (Å²) in [7, 11) is 0. The van der Waals surface area contributed by atoms with Crippen molar-refractivity contribution in [1.82, 2.24) is 10.2 Å². The fraction of sp³-hybridized carbons (Fsp3) is 0.0714. The number of phenolic OH excluding ortho intramolecular Hbond substituents is 2. The van der Waals surface area contributed by atoms with E-state index in [2.05, 4.69) is 15.5 Å². The third-order valence-corrected chi connectivity index (χ3v) is 2.98. The normalized spacial score (nSPS) is 10.7. The first-order chi connectivity index (χ1) is 9.22. The molecule has 0 spiro atoms. The van der Waals surface area contributed by atoms with E-state index in [0.29, 0.717) is 6.54 Å². The van der Waals surface area contributed by atoms with Crippen molar-refractivity contribution in [2.24, 2.45) is 0 Å². The topological polar surface area (TPSA) is 81.2 Å². The number of nitrogens with zero attached hydrogens (tertiary/aromatic N) is 1. The summed E-state index contributed by atoms with van der Waals surface area (Å²) in [6, 6.07) is 10.7. The molecule has 0 saturated heterocycles. The van der Waals surface area contributed by atoms with Gasteiger partial charge in [-0.2, -0.15) is 5.10 Å². The van der Waals surface area contributed by atoms with Gasteiger partial charge in [-0.3, -0.25) is 5.10 Å². The van der Waals surface area contributed by atoms with Crippen molar-refractivity contribution >= 4 is 16.6 Å². The number of aromatic nitrogens is 2. The van der Waals surface area contributed by atoms with Gasteiger partial charge in [-0.05, 0) is 35.9 Å². The van der Waals surface area contributed by atoms with E-state index >= 15 is 0 Å². The summed E-state index contributed by atoms with van der Waals surface area (Å²) >= 11 is 0. The Labute approximate surface area is 109 Å². The first-order valence-corrected chi connectivity index (χ1v) is 5.90. The van der Waals surface area contributed by atoms with E-state index in [4.69, 9.17) is 0 Å². The number of nitrogens with one attached hydrogen (secondary N) is 2. The molecule has 5 heteroatoms. The van der Waals surface area contributed by atoms with Gasteiger partial charge in [0.2, 0.25) is 0 Å². The molecular formula is C14H13N3O2. The minimum atomic E-state index is -0.108. The highest BCUT2D eigenvalue weighted by molar-refractivity contribution is 5.81. The molecule has 0 atom stereocenters. The van der Waals surface area contributed by atoms with Crippen molar-refractivity contribution in [3.05, 3.63) is 48.2 Å². The summed E-state index contributed by atoms with van der Waals surface area (Å²) in [5, 5.41) is 29.8. The molecule has 3 aromatic rings. The maximum absolute atomic E-state index is 9.42. The van der Waals surface area contributed by atoms with Crippen LogP contribution < -0.4 is 5.32 Å². The highest BCUT2D eigenvalue weighted by Gasteiger charge is 2.01. The average Bonchev–Trinajstić information content (AvgIpc) is 2.87. The zero-order valence-electron chi connectivity index (χ0n) is 10.1. The van der Waals surface area contributed by atoms with Crippen molar-refractivity contribution < 1.29 is 10.2 Å². The Bertz CT molecular complexity index is 722. The highest BCUT2D eigenvalue weighted by Crippen LogP contribution is 2.25. The number of H-pyrrole nitrogens is 1. The zero-order valence-corrected chi connectivity index (χ0v) is 10.1. The fourth-order valence-electron chi connectivity index (χ4n) is 1.94. The van der Waals surface area contributed by atoms with Gasteiger partial charge in [-0.15, -0.1) is 0 Å². The van der Waals surface area contributed by atoms with E-state index < -0.39 is 0 Å². The number of hydrogen-bond acceptors (Lipinski definition) is 4. The maximum Gasteiger partial charge on any atom is 0.157 e. The van der Waals surface area contributed by atoms with E-state index in [9.17, 15) is 10.2 Å². The van der Waals surface area contributed by atoms with Gasteiger partial charge in [-0.1, -0.05) is 6.07 Å². The standard InChI is InChI=1S/C14H13N3O2/c18-13-4-1-9(5-14(13)19)7-15-11-2-3-12-10(6-11)8-16-17-12/h1-6,8,15,18-19H,7H2,(H,16,17). The fourth-order valence-corrected chi connectivity index (χ4v) is 1.94. The van der Waals surface area contributed by atoms with Crippen LogP contribution in [0.2, 0.25) is 0 Å². The largest absolute Gasteiger partial charge is 0.504 e. The van der Waals surface area contributed by atoms with Crippen LogP contribution in [-0.2, 0) is 6.54 Å². The summed E-state index contributed by atoms with van der Waals surface area (Å²) in [6.45, 7) is 0.567.